The van der Waals surface area contributed by atoms with Crippen molar-refractivity contribution in [1.82, 2.24) is 25.5 Å². The first-order chi connectivity index (χ1) is 7.72. The molecule has 0 aromatic carbocycles. The first-order valence-corrected chi connectivity index (χ1v) is 6.17. The summed E-state index contributed by atoms with van der Waals surface area (Å²) in [5.74, 6) is 1.75. The molecule has 0 spiro atoms. The highest BCUT2D eigenvalue weighted by molar-refractivity contribution is 4.92. The minimum Gasteiger partial charge on any atom is -0.311 e. The quantitative estimate of drug-likeness (QED) is 0.847. The lowest BCUT2D eigenvalue weighted by molar-refractivity contribution is 0.255. The molecule has 90 valence electrons. The lowest BCUT2D eigenvalue weighted by Gasteiger charge is -2.27. The Morgan fingerprint density at radius 1 is 1.44 bits per heavy atom. The predicted molar refractivity (Wildman–Crippen MR) is 62.0 cm³/mol. The summed E-state index contributed by atoms with van der Waals surface area (Å²) in [6.45, 7) is 4.41. The average Bonchev–Trinajstić information content (AvgIpc) is 2.77. The maximum Gasteiger partial charge on any atom is 0.168 e. The summed E-state index contributed by atoms with van der Waals surface area (Å²) in [7, 11) is 1.94. The summed E-state index contributed by atoms with van der Waals surface area (Å²) >= 11 is 0. The lowest BCUT2D eigenvalue weighted by Crippen LogP contribution is -2.24. The van der Waals surface area contributed by atoms with E-state index in [2.05, 4.69) is 34.7 Å². The molecule has 1 fully saturated rings. The summed E-state index contributed by atoms with van der Waals surface area (Å²) in [4.78, 5) is 0. The molecule has 3 unspecified atom stereocenters. The molecular weight excluding hydrogens is 202 g/mol. The smallest absolute Gasteiger partial charge is 0.168 e. The largest absolute Gasteiger partial charge is 0.311 e. The van der Waals surface area contributed by atoms with Crippen LogP contribution in [0, 0.1) is 5.92 Å². The van der Waals surface area contributed by atoms with E-state index < -0.39 is 0 Å². The Bertz CT molecular complexity index is 335. The van der Waals surface area contributed by atoms with Crippen LogP contribution in [0.4, 0.5) is 0 Å². The molecule has 1 aromatic rings. The van der Waals surface area contributed by atoms with Crippen LogP contribution in [0.2, 0.25) is 0 Å². The van der Waals surface area contributed by atoms with Gasteiger partial charge in [-0.1, -0.05) is 19.8 Å². The van der Waals surface area contributed by atoms with E-state index in [1.165, 1.54) is 25.7 Å². The molecule has 1 saturated carbocycles. The molecule has 5 nitrogen and oxygen atoms in total. The third kappa shape index (κ3) is 2.24. The number of rotatable bonds is 3. The van der Waals surface area contributed by atoms with E-state index in [9.17, 15) is 0 Å². The van der Waals surface area contributed by atoms with Crippen LogP contribution in [0.3, 0.4) is 0 Å². The maximum absolute atomic E-state index is 4.16. The van der Waals surface area contributed by atoms with Gasteiger partial charge in [0, 0.05) is 0 Å². The van der Waals surface area contributed by atoms with Crippen LogP contribution in [0.15, 0.2) is 0 Å². The summed E-state index contributed by atoms with van der Waals surface area (Å²) in [5, 5.41) is 15.3. The van der Waals surface area contributed by atoms with Crippen LogP contribution >= 0.6 is 0 Å². The van der Waals surface area contributed by atoms with Crippen LogP contribution in [-0.2, 0) is 0 Å². The number of aromatic nitrogens is 4. The first kappa shape index (κ1) is 11.5. The summed E-state index contributed by atoms with van der Waals surface area (Å²) < 4.78 is 2.02. The number of tetrazole rings is 1. The van der Waals surface area contributed by atoms with Crippen LogP contribution in [0.25, 0.3) is 0 Å². The van der Waals surface area contributed by atoms with Gasteiger partial charge in [-0.25, -0.2) is 4.68 Å². The molecule has 3 atom stereocenters. The molecule has 1 heterocycles. The molecule has 0 saturated heterocycles. The van der Waals surface area contributed by atoms with Gasteiger partial charge in [0.05, 0.1) is 12.1 Å². The Hall–Kier alpha value is -0.970. The molecule has 1 aromatic heterocycles. The van der Waals surface area contributed by atoms with Crippen molar-refractivity contribution in [2.75, 3.05) is 7.05 Å². The zero-order valence-electron chi connectivity index (χ0n) is 10.3. The van der Waals surface area contributed by atoms with E-state index in [0.717, 1.165) is 11.7 Å². The van der Waals surface area contributed by atoms with Gasteiger partial charge in [0.1, 0.15) is 0 Å². The van der Waals surface area contributed by atoms with Gasteiger partial charge >= 0.3 is 0 Å². The van der Waals surface area contributed by atoms with E-state index in [-0.39, 0.29) is 6.04 Å². The van der Waals surface area contributed by atoms with Crippen molar-refractivity contribution in [2.24, 2.45) is 5.92 Å². The van der Waals surface area contributed by atoms with Crippen LogP contribution in [0.5, 0.6) is 0 Å². The van der Waals surface area contributed by atoms with Crippen molar-refractivity contribution in [3.63, 3.8) is 0 Å². The molecule has 2 rings (SSSR count). The highest BCUT2D eigenvalue weighted by Gasteiger charge is 2.25. The van der Waals surface area contributed by atoms with Gasteiger partial charge in [0.2, 0.25) is 0 Å². The highest BCUT2D eigenvalue weighted by Crippen LogP contribution is 2.32. The molecule has 5 heteroatoms. The summed E-state index contributed by atoms with van der Waals surface area (Å²) in [5.41, 5.74) is 0. The Kier molecular flexibility index (Phi) is 3.53. The molecule has 16 heavy (non-hydrogen) atoms. The normalized spacial score (nSPS) is 27.9. The van der Waals surface area contributed by atoms with Gasteiger partial charge in [-0.2, -0.15) is 0 Å². The number of hydrogen-bond donors (Lipinski definition) is 1. The van der Waals surface area contributed by atoms with Crippen molar-refractivity contribution < 1.29 is 0 Å². The molecule has 1 N–H and O–H groups in total. The van der Waals surface area contributed by atoms with Crippen molar-refractivity contribution in [2.45, 2.75) is 51.6 Å². The topological polar surface area (TPSA) is 55.6 Å². The van der Waals surface area contributed by atoms with E-state index in [1.807, 2.05) is 11.7 Å². The van der Waals surface area contributed by atoms with E-state index in [0.29, 0.717) is 6.04 Å². The Balaban J connectivity index is 2.16. The van der Waals surface area contributed by atoms with Crippen molar-refractivity contribution in [1.29, 1.82) is 0 Å². The SMILES string of the molecule is CNC(C)c1nnnn1C1CCCC(C)C1. The van der Waals surface area contributed by atoms with E-state index in [4.69, 9.17) is 0 Å². The fourth-order valence-electron chi connectivity index (χ4n) is 2.50. The Morgan fingerprint density at radius 2 is 2.25 bits per heavy atom. The second-order valence-electron chi connectivity index (χ2n) is 4.92. The summed E-state index contributed by atoms with van der Waals surface area (Å²) in [6.07, 6.45) is 5.04. The van der Waals surface area contributed by atoms with Gasteiger partial charge in [-0.3, -0.25) is 0 Å². The monoisotopic (exact) mass is 223 g/mol. The average molecular weight is 223 g/mol. The number of nitrogens with zero attached hydrogens (tertiary/aromatic N) is 4. The third-order valence-corrected chi connectivity index (χ3v) is 3.59. The van der Waals surface area contributed by atoms with Crippen molar-refractivity contribution in [3.05, 3.63) is 5.82 Å². The zero-order valence-corrected chi connectivity index (χ0v) is 10.3. The van der Waals surface area contributed by atoms with Crippen LogP contribution < -0.4 is 5.32 Å². The van der Waals surface area contributed by atoms with Crippen molar-refractivity contribution >= 4 is 0 Å². The third-order valence-electron chi connectivity index (χ3n) is 3.59. The highest BCUT2D eigenvalue weighted by atomic mass is 15.6. The fraction of sp³-hybridized carbons (Fsp3) is 0.909. The fourth-order valence-corrected chi connectivity index (χ4v) is 2.50. The number of nitrogens with one attached hydrogen (secondary N) is 1. The minimum absolute atomic E-state index is 0.215. The van der Waals surface area contributed by atoms with E-state index in [1.54, 1.807) is 0 Å². The second kappa shape index (κ2) is 4.91. The molecule has 1 aliphatic carbocycles. The van der Waals surface area contributed by atoms with Gasteiger partial charge in [-0.15, -0.1) is 5.10 Å². The first-order valence-electron chi connectivity index (χ1n) is 6.17. The Morgan fingerprint density at radius 3 is 2.94 bits per heavy atom. The zero-order chi connectivity index (χ0) is 11.5. The molecule has 0 amide bonds. The van der Waals surface area contributed by atoms with Crippen LogP contribution in [-0.4, -0.2) is 27.3 Å². The maximum atomic E-state index is 4.16. The van der Waals surface area contributed by atoms with Crippen LogP contribution in [0.1, 0.15) is 57.4 Å². The van der Waals surface area contributed by atoms with Crippen molar-refractivity contribution in [3.8, 4) is 0 Å². The molecule has 0 radical (unpaired) electrons. The van der Waals surface area contributed by atoms with Gasteiger partial charge in [-0.05, 0) is 43.2 Å². The summed E-state index contributed by atoms with van der Waals surface area (Å²) in [6, 6.07) is 0.705. The number of hydrogen-bond acceptors (Lipinski definition) is 4. The standard InChI is InChI=1S/C11H21N5/c1-8-5-4-6-10(7-8)16-11(9(2)12-3)13-14-15-16/h8-10,12H,4-7H2,1-3H3. The second-order valence-corrected chi connectivity index (χ2v) is 4.92. The van der Waals surface area contributed by atoms with Gasteiger partial charge < -0.3 is 5.32 Å². The molecule has 1 aliphatic rings. The van der Waals surface area contributed by atoms with E-state index >= 15 is 0 Å². The predicted octanol–water partition coefficient (Wildman–Crippen LogP) is 1.70. The molecular formula is C11H21N5. The molecule has 0 aliphatic heterocycles. The van der Waals surface area contributed by atoms with Gasteiger partial charge in [0.15, 0.2) is 5.82 Å². The Labute approximate surface area is 96.6 Å². The van der Waals surface area contributed by atoms with Gasteiger partial charge in [0.25, 0.3) is 0 Å². The minimum atomic E-state index is 0.215. The molecule has 0 bridgehead atoms. The lowest BCUT2D eigenvalue weighted by atomic mass is 9.87.